The molecule has 0 saturated carbocycles. The summed E-state index contributed by atoms with van der Waals surface area (Å²) in [5.41, 5.74) is 7.49. The highest BCUT2D eigenvalue weighted by atomic mass is 15.0. The molecule has 0 amide bonds. The third-order valence-electron chi connectivity index (χ3n) is 6.05. The first kappa shape index (κ1) is 17.1. The van der Waals surface area contributed by atoms with Gasteiger partial charge < -0.3 is 4.57 Å². The van der Waals surface area contributed by atoms with Crippen LogP contribution in [0.1, 0.15) is 5.56 Å². The fourth-order valence-corrected chi connectivity index (χ4v) is 4.72. The highest BCUT2D eigenvalue weighted by molar-refractivity contribution is 6.10. The van der Waals surface area contributed by atoms with Crippen molar-refractivity contribution >= 4 is 32.6 Å². The summed E-state index contributed by atoms with van der Waals surface area (Å²) in [5, 5.41) is 5.15. The zero-order valence-electron chi connectivity index (χ0n) is 16.8. The summed E-state index contributed by atoms with van der Waals surface area (Å²) in [6.07, 6.45) is 0. The fraction of sp³-hybridized carbons (Fsp3) is 0.0345. The summed E-state index contributed by atoms with van der Waals surface area (Å²) in [5.74, 6) is 0. The van der Waals surface area contributed by atoms with Crippen LogP contribution in [0.5, 0.6) is 0 Å². The Labute approximate surface area is 175 Å². The van der Waals surface area contributed by atoms with Crippen molar-refractivity contribution in [3.05, 3.63) is 115 Å². The number of hydrogen-bond acceptors (Lipinski definition) is 0. The molecule has 30 heavy (non-hydrogen) atoms. The zero-order valence-corrected chi connectivity index (χ0v) is 16.8. The summed E-state index contributed by atoms with van der Waals surface area (Å²) in [6.45, 7) is 2.15. The Hall–Kier alpha value is -3.84. The van der Waals surface area contributed by atoms with E-state index in [1.165, 1.54) is 55.0 Å². The summed E-state index contributed by atoms with van der Waals surface area (Å²) < 4.78 is 2.41. The lowest BCUT2D eigenvalue weighted by atomic mass is 9.96. The van der Waals surface area contributed by atoms with Crippen molar-refractivity contribution in [1.82, 2.24) is 4.57 Å². The van der Waals surface area contributed by atoms with Gasteiger partial charge in [-0.05, 0) is 41.5 Å². The monoisotopic (exact) mass is 383 g/mol. The lowest BCUT2D eigenvalue weighted by Crippen LogP contribution is -1.97. The first-order valence-corrected chi connectivity index (χ1v) is 10.4. The number of para-hydroxylation sites is 3. The minimum atomic E-state index is 1.21. The van der Waals surface area contributed by atoms with E-state index in [1.807, 2.05) is 0 Å². The van der Waals surface area contributed by atoms with Crippen LogP contribution in [0.2, 0.25) is 0 Å². The van der Waals surface area contributed by atoms with Gasteiger partial charge in [0.1, 0.15) is 0 Å². The molecular formula is C29H21N. The van der Waals surface area contributed by atoms with Crippen LogP contribution in [0.25, 0.3) is 49.4 Å². The summed E-state index contributed by atoms with van der Waals surface area (Å²) in [6, 6.07) is 39.5. The van der Waals surface area contributed by atoms with Crippen LogP contribution in [-0.4, -0.2) is 4.57 Å². The molecule has 0 aliphatic carbocycles. The van der Waals surface area contributed by atoms with E-state index >= 15 is 0 Å². The van der Waals surface area contributed by atoms with E-state index in [9.17, 15) is 0 Å². The van der Waals surface area contributed by atoms with Crippen molar-refractivity contribution in [2.75, 3.05) is 0 Å². The molecule has 0 aliphatic rings. The SMILES string of the molecule is Cc1ccc2c(-c3ccccc3-n3c4ccccc4c4ccccc43)cccc2c1. The minimum absolute atomic E-state index is 1.21. The molecule has 6 aromatic rings. The second-order valence-corrected chi connectivity index (χ2v) is 7.92. The second-order valence-electron chi connectivity index (χ2n) is 7.92. The maximum atomic E-state index is 2.41. The normalized spacial score (nSPS) is 11.5. The van der Waals surface area contributed by atoms with Gasteiger partial charge in [0.25, 0.3) is 0 Å². The van der Waals surface area contributed by atoms with Crippen molar-refractivity contribution in [3.8, 4) is 16.8 Å². The van der Waals surface area contributed by atoms with E-state index in [4.69, 9.17) is 0 Å². The molecule has 0 fully saturated rings. The van der Waals surface area contributed by atoms with Gasteiger partial charge in [-0.15, -0.1) is 0 Å². The topological polar surface area (TPSA) is 4.93 Å². The van der Waals surface area contributed by atoms with Crippen LogP contribution >= 0.6 is 0 Å². The first-order chi connectivity index (χ1) is 14.8. The van der Waals surface area contributed by atoms with Crippen molar-refractivity contribution in [1.29, 1.82) is 0 Å². The maximum absolute atomic E-state index is 2.41. The molecule has 1 aromatic heterocycles. The lowest BCUT2D eigenvalue weighted by molar-refractivity contribution is 1.18. The molecular weight excluding hydrogens is 362 g/mol. The molecule has 1 nitrogen and oxygen atoms in total. The molecule has 0 spiro atoms. The van der Waals surface area contributed by atoms with Crippen LogP contribution in [0.4, 0.5) is 0 Å². The number of aromatic nitrogens is 1. The van der Waals surface area contributed by atoms with E-state index in [1.54, 1.807) is 0 Å². The summed E-state index contributed by atoms with van der Waals surface area (Å²) in [7, 11) is 0. The van der Waals surface area contributed by atoms with Gasteiger partial charge in [-0.1, -0.05) is 96.6 Å². The Morgan fingerprint density at radius 3 is 1.90 bits per heavy atom. The predicted molar refractivity (Wildman–Crippen MR) is 128 cm³/mol. The maximum Gasteiger partial charge on any atom is 0.0541 e. The molecule has 0 N–H and O–H groups in total. The van der Waals surface area contributed by atoms with Crippen LogP contribution in [0.15, 0.2) is 109 Å². The molecule has 0 saturated heterocycles. The van der Waals surface area contributed by atoms with Gasteiger partial charge in [0, 0.05) is 16.3 Å². The third-order valence-corrected chi connectivity index (χ3v) is 6.05. The van der Waals surface area contributed by atoms with E-state index in [2.05, 4.69) is 121 Å². The number of nitrogens with zero attached hydrogens (tertiary/aromatic N) is 1. The van der Waals surface area contributed by atoms with Gasteiger partial charge in [0.2, 0.25) is 0 Å². The molecule has 0 aliphatic heterocycles. The van der Waals surface area contributed by atoms with Crippen LogP contribution < -0.4 is 0 Å². The molecule has 0 atom stereocenters. The second kappa shape index (κ2) is 6.60. The molecule has 142 valence electrons. The van der Waals surface area contributed by atoms with E-state index < -0.39 is 0 Å². The predicted octanol–water partition coefficient (Wildman–Crippen LogP) is 7.91. The quantitative estimate of drug-likeness (QED) is 0.286. The average molecular weight is 383 g/mol. The zero-order chi connectivity index (χ0) is 20.1. The number of fused-ring (bicyclic) bond motifs is 4. The van der Waals surface area contributed by atoms with Crippen molar-refractivity contribution < 1.29 is 0 Å². The largest absolute Gasteiger partial charge is 0.309 e. The van der Waals surface area contributed by atoms with Gasteiger partial charge in [0.15, 0.2) is 0 Å². The fourth-order valence-electron chi connectivity index (χ4n) is 4.72. The summed E-state index contributed by atoms with van der Waals surface area (Å²) >= 11 is 0. The highest BCUT2D eigenvalue weighted by Crippen LogP contribution is 2.38. The molecule has 1 heteroatoms. The van der Waals surface area contributed by atoms with E-state index in [-0.39, 0.29) is 0 Å². The van der Waals surface area contributed by atoms with Crippen molar-refractivity contribution in [2.45, 2.75) is 6.92 Å². The highest BCUT2D eigenvalue weighted by Gasteiger charge is 2.15. The molecule has 6 rings (SSSR count). The lowest BCUT2D eigenvalue weighted by Gasteiger charge is -2.15. The van der Waals surface area contributed by atoms with Gasteiger partial charge in [-0.25, -0.2) is 0 Å². The standard InChI is InChI=1S/C29H21N/c1-20-17-18-22-21(19-20)9-8-13-23(22)24-10-2-5-14-27(24)30-28-15-6-3-11-25(28)26-12-4-7-16-29(26)30/h2-19H,1H3. The molecule has 1 heterocycles. The minimum Gasteiger partial charge on any atom is -0.309 e. The Bertz CT molecular complexity index is 1500. The number of aryl methyl sites for hydroxylation is 1. The van der Waals surface area contributed by atoms with Gasteiger partial charge in [0.05, 0.1) is 16.7 Å². The van der Waals surface area contributed by atoms with Crippen molar-refractivity contribution in [3.63, 3.8) is 0 Å². The van der Waals surface area contributed by atoms with Crippen LogP contribution in [0.3, 0.4) is 0 Å². The molecule has 0 radical (unpaired) electrons. The van der Waals surface area contributed by atoms with Gasteiger partial charge >= 0.3 is 0 Å². The molecule has 0 unspecified atom stereocenters. The third kappa shape index (κ3) is 2.49. The Morgan fingerprint density at radius 1 is 0.500 bits per heavy atom. The van der Waals surface area contributed by atoms with E-state index in [0.717, 1.165) is 0 Å². The van der Waals surface area contributed by atoms with Gasteiger partial charge in [-0.2, -0.15) is 0 Å². The average Bonchev–Trinajstić information content (AvgIpc) is 3.13. The smallest absolute Gasteiger partial charge is 0.0541 e. The van der Waals surface area contributed by atoms with E-state index in [0.29, 0.717) is 0 Å². The molecule has 5 aromatic carbocycles. The number of benzene rings is 5. The Balaban J connectivity index is 1.73. The van der Waals surface area contributed by atoms with Crippen molar-refractivity contribution in [2.24, 2.45) is 0 Å². The number of rotatable bonds is 2. The Morgan fingerprint density at radius 2 is 1.13 bits per heavy atom. The first-order valence-electron chi connectivity index (χ1n) is 10.4. The molecule has 0 bridgehead atoms. The van der Waals surface area contributed by atoms with Gasteiger partial charge in [-0.3, -0.25) is 0 Å². The van der Waals surface area contributed by atoms with Crippen LogP contribution in [0, 0.1) is 6.92 Å². The Kier molecular flexibility index (Phi) is 3.75. The number of hydrogen-bond donors (Lipinski definition) is 0. The summed E-state index contributed by atoms with van der Waals surface area (Å²) in [4.78, 5) is 0. The van der Waals surface area contributed by atoms with Crippen LogP contribution in [-0.2, 0) is 0 Å².